The number of ketones is 1. The lowest BCUT2D eigenvalue weighted by molar-refractivity contribution is -0.141. The molecule has 29 heavy (non-hydrogen) atoms. The number of rotatable bonds is 6. The number of anilines is 1. The van der Waals surface area contributed by atoms with Crippen LogP contribution < -0.4 is 4.90 Å². The summed E-state index contributed by atoms with van der Waals surface area (Å²) in [6.45, 7) is 0.571. The maximum absolute atomic E-state index is 13.1. The van der Waals surface area contributed by atoms with Gasteiger partial charge in [-0.15, -0.1) is 10.2 Å². The van der Waals surface area contributed by atoms with Gasteiger partial charge in [0.25, 0.3) is 0 Å². The molecule has 2 aliphatic rings. The van der Waals surface area contributed by atoms with Gasteiger partial charge >= 0.3 is 6.18 Å². The highest BCUT2D eigenvalue weighted by Gasteiger charge is 2.33. The number of morpholine rings is 1. The number of halogens is 3. The Hall–Kier alpha value is -2.07. The van der Waals surface area contributed by atoms with Crippen LogP contribution in [0, 0.1) is 0 Å². The van der Waals surface area contributed by atoms with Crippen LogP contribution in [0.4, 0.5) is 19.1 Å². The summed E-state index contributed by atoms with van der Waals surface area (Å²) in [6, 6.07) is 5.68. The minimum atomic E-state index is -4.41. The van der Waals surface area contributed by atoms with Gasteiger partial charge in [-0.25, -0.2) is 0 Å². The second-order valence-electron chi connectivity index (χ2n) is 7.13. The SMILES string of the molecule is O=C(CSc1nnc(N2CCOCC2)n1CC(F)(F)F)c1ccc2c(c1)CCC2. The molecule has 1 aliphatic carbocycles. The van der Waals surface area contributed by atoms with Gasteiger partial charge in [0.05, 0.1) is 19.0 Å². The van der Waals surface area contributed by atoms with Gasteiger partial charge in [-0.05, 0) is 36.5 Å². The molecule has 0 atom stereocenters. The lowest BCUT2D eigenvalue weighted by atomic mass is 10.0. The van der Waals surface area contributed by atoms with E-state index in [1.54, 1.807) is 11.0 Å². The molecule has 1 aliphatic heterocycles. The van der Waals surface area contributed by atoms with Crippen molar-refractivity contribution in [2.75, 3.05) is 37.0 Å². The highest BCUT2D eigenvalue weighted by atomic mass is 32.2. The lowest BCUT2D eigenvalue weighted by Crippen LogP contribution is -2.38. The van der Waals surface area contributed by atoms with Crippen molar-refractivity contribution in [1.82, 2.24) is 14.8 Å². The number of hydrogen-bond acceptors (Lipinski definition) is 6. The number of thioether (sulfide) groups is 1. The summed E-state index contributed by atoms with van der Waals surface area (Å²) in [7, 11) is 0. The van der Waals surface area contributed by atoms with Crippen molar-refractivity contribution in [3.8, 4) is 0 Å². The molecule has 0 N–H and O–H groups in total. The smallest absolute Gasteiger partial charge is 0.378 e. The molecule has 2 heterocycles. The monoisotopic (exact) mass is 426 g/mol. The molecule has 0 saturated carbocycles. The molecule has 1 aromatic heterocycles. The largest absolute Gasteiger partial charge is 0.406 e. The number of aromatic nitrogens is 3. The van der Waals surface area contributed by atoms with Gasteiger partial charge in [0.2, 0.25) is 5.95 Å². The molecular formula is C19H21F3N4O2S. The quantitative estimate of drug-likeness (QED) is 0.523. The molecule has 0 unspecified atom stereocenters. The minimum absolute atomic E-state index is 0.0118. The summed E-state index contributed by atoms with van der Waals surface area (Å²) in [5.41, 5.74) is 3.05. The van der Waals surface area contributed by atoms with Crippen molar-refractivity contribution < 1.29 is 22.7 Å². The molecule has 0 amide bonds. The number of Topliss-reactive ketones (excluding diaryl/α,β-unsaturated/α-hetero) is 1. The molecule has 1 fully saturated rings. The summed E-state index contributed by atoms with van der Waals surface area (Å²) in [6.07, 6.45) is -1.33. The normalized spacial score (nSPS) is 16.9. The van der Waals surface area contributed by atoms with Crippen LogP contribution >= 0.6 is 11.8 Å². The summed E-state index contributed by atoms with van der Waals surface area (Å²) >= 11 is 0.991. The van der Waals surface area contributed by atoms with Gasteiger partial charge in [-0.1, -0.05) is 23.9 Å². The number of benzene rings is 1. The Labute approximate surface area is 170 Å². The van der Waals surface area contributed by atoms with E-state index in [0.29, 0.717) is 31.9 Å². The van der Waals surface area contributed by atoms with Gasteiger partial charge in [-0.3, -0.25) is 9.36 Å². The van der Waals surface area contributed by atoms with Crippen molar-refractivity contribution >= 4 is 23.5 Å². The van der Waals surface area contributed by atoms with E-state index in [2.05, 4.69) is 10.2 Å². The molecule has 2 aromatic rings. The first-order valence-corrected chi connectivity index (χ1v) is 10.5. The Morgan fingerprint density at radius 2 is 1.90 bits per heavy atom. The third-order valence-corrected chi connectivity index (χ3v) is 6.05. The first-order valence-electron chi connectivity index (χ1n) is 9.51. The zero-order chi connectivity index (χ0) is 20.4. The summed E-state index contributed by atoms with van der Waals surface area (Å²) in [5, 5.41) is 8.01. The van der Waals surface area contributed by atoms with E-state index in [-0.39, 0.29) is 22.6 Å². The molecule has 1 aromatic carbocycles. The number of fused-ring (bicyclic) bond motifs is 1. The van der Waals surface area contributed by atoms with Crippen molar-refractivity contribution in [1.29, 1.82) is 0 Å². The summed E-state index contributed by atoms with van der Waals surface area (Å²) in [4.78, 5) is 14.3. The van der Waals surface area contributed by atoms with Crippen LogP contribution in [-0.4, -0.2) is 58.8 Å². The van der Waals surface area contributed by atoms with Crippen LogP contribution in [0.1, 0.15) is 27.9 Å². The number of nitrogens with zero attached hydrogens (tertiary/aromatic N) is 4. The Morgan fingerprint density at radius 3 is 2.66 bits per heavy atom. The molecule has 4 rings (SSSR count). The second-order valence-corrected chi connectivity index (χ2v) is 8.07. The first kappa shape index (κ1) is 20.2. The average Bonchev–Trinajstić information content (AvgIpc) is 3.32. The molecule has 6 nitrogen and oxygen atoms in total. The molecule has 1 saturated heterocycles. The van der Waals surface area contributed by atoms with E-state index in [9.17, 15) is 18.0 Å². The summed E-state index contributed by atoms with van der Waals surface area (Å²) in [5.74, 6) is 0.0509. The van der Waals surface area contributed by atoms with Crippen molar-refractivity contribution in [2.24, 2.45) is 0 Å². The number of hydrogen-bond donors (Lipinski definition) is 0. The molecule has 156 valence electrons. The maximum atomic E-state index is 13.1. The van der Waals surface area contributed by atoms with Crippen molar-refractivity contribution in [3.63, 3.8) is 0 Å². The summed E-state index contributed by atoms with van der Waals surface area (Å²) < 4.78 is 45.7. The molecule has 10 heteroatoms. The van der Waals surface area contributed by atoms with Crippen LogP contribution in [0.25, 0.3) is 0 Å². The standard InChI is InChI=1S/C19H21F3N4O2S/c20-19(21,22)12-26-17(25-6-8-28-9-7-25)23-24-18(26)29-11-16(27)15-5-4-13-2-1-3-14(13)10-15/h4-5,10H,1-3,6-9,11-12H2. The van der Waals surface area contributed by atoms with E-state index >= 15 is 0 Å². The van der Waals surface area contributed by atoms with Gasteiger partial charge in [0, 0.05) is 18.7 Å². The van der Waals surface area contributed by atoms with E-state index in [0.717, 1.165) is 35.6 Å². The van der Waals surface area contributed by atoms with Crippen LogP contribution in [0.3, 0.4) is 0 Å². The van der Waals surface area contributed by atoms with Crippen molar-refractivity contribution in [3.05, 3.63) is 34.9 Å². The fourth-order valence-electron chi connectivity index (χ4n) is 3.66. The van der Waals surface area contributed by atoms with Gasteiger partial charge in [0.15, 0.2) is 10.9 Å². The van der Waals surface area contributed by atoms with Gasteiger partial charge in [-0.2, -0.15) is 13.2 Å². The van der Waals surface area contributed by atoms with E-state index in [4.69, 9.17) is 4.74 Å². The highest BCUT2D eigenvalue weighted by Crippen LogP contribution is 2.29. The molecule has 0 radical (unpaired) electrons. The van der Waals surface area contributed by atoms with Crippen LogP contribution in [-0.2, 0) is 24.1 Å². The lowest BCUT2D eigenvalue weighted by Gasteiger charge is -2.28. The van der Waals surface area contributed by atoms with Gasteiger partial charge < -0.3 is 9.64 Å². The Bertz CT molecular complexity index is 894. The van der Waals surface area contributed by atoms with Gasteiger partial charge in [0.1, 0.15) is 6.54 Å². The van der Waals surface area contributed by atoms with Crippen LogP contribution in [0.5, 0.6) is 0 Å². The topological polar surface area (TPSA) is 60.3 Å². The average molecular weight is 426 g/mol. The van der Waals surface area contributed by atoms with Crippen LogP contribution in [0.2, 0.25) is 0 Å². The number of aryl methyl sites for hydroxylation is 2. The number of alkyl halides is 3. The third-order valence-electron chi connectivity index (χ3n) is 5.08. The Balaban J connectivity index is 1.50. The fourth-order valence-corrected chi connectivity index (χ4v) is 4.49. The van der Waals surface area contributed by atoms with E-state index in [1.807, 2.05) is 12.1 Å². The fraction of sp³-hybridized carbons (Fsp3) is 0.526. The molecule has 0 spiro atoms. The predicted molar refractivity (Wildman–Crippen MR) is 103 cm³/mol. The Kier molecular flexibility index (Phi) is 5.82. The zero-order valence-electron chi connectivity index (χ0n) is 15.7. The third kappa shape index (κ3) is 4.75. The molecule has 0 bridgehead atoms. The zero-order valence-corrected chi connectivity index (χ0v) is 16.6. The number of carbonyl (C=O) groups excluding carboxylic acids is 1. The minimum Gasteiger partial charge on any atom is -0.378 e. The second kappa shape index (κ2) is 8.35. The molecular weight excluding hydrogens is 405 g/mol. The van der Waals surface area contributed by atoms with E-state index in [1.165, 1.54) is 11.1 Å². The number of ether oxygens (including phenoxy) is 1. The Morgan fingerprint density at radius 1 is 1.14 bits per heavy atom. The highest BCUT2D eigenvalue weighted by molar-refractivity contribution is 7.99. The van der Waals surface area contributed by atoms with Crippen molar-refractivity contribution in [2.45, 2.75) is 37.1 Å². The maximum Gasteiger partial charge on any atom is 0.406 e. The van der Waals surface area contributed by atoms with E-state index < -0.39 is 12.7 Å². The number of carbonyl (C=O) groups is 1. The first-order chi connectivity index (χ1) is 13.9. The van der Waals surface area contributed by atoms with Crippen LogP contribution in [0.15, 0.2) is 23.4 Å². The predicted octanol–water partition coefficient (Wildman–Crippen LogP) is 3.14.